The highest BCUT2D eigenvalue weighted by Crippen LogP contribution is 2.17. The second-order valence-electron chi connectivity index (χ2n) is 6.67. The molecule has 3 aromatic carbocycles. The lowest BCUT2D eigenvalue weighted by Gasteiger charge is -2.16. The molecule has 1 N–H and O–H groups in total. The molecule has 1 unspecified atom stereocenters. The molecule has 142 valence electrons. The Morgan fingerprint density at radius 2 is 1.54 bits per heavy atom. The van der Waals surface area contributed by atoms with E-state index in [0.29, 0.717) is 17.7 Å². The zero-order valence-corrected chi connectivity index (χ0v) is 16.0. The van der Waals surface area contributed by atoms with E-state index in [2.05, 4.69) is 5.32 Å². The third-order valence-corrected chi connectivity index (χ3v) is 4.53. The van der Waals surface area contributed by atoms with Gasteiger partial charge in [-0.3, -0.25) is 4.79 Å². The van der Waals surface area contributed by atoms with E-state index < -0.39 is 12.1 Å². The third kappa shape index (κ3) is 4.86. The molecule has 0 aliphatic heterocycles. The largest absolute Gasteiger partial charge is 0.449 e. The van der Waals surface area contributed by atoms with Crippen molar-refractivity contribution in [2.45, 2.75) is 26.4 Å². The first kappa shape index (κ1) is 19.4. The van der Waals surface area contributed by atoms with Crippen molar-refractivity contribution in [3.63, 3.8) is 0 Å². The van der Waals surface area contributed by atoms with Gasteiger partial charge in [-0.15, -0.1) is 0 Å². The number of benzene rings is 3. The Morgan fingerprint density at radius 1 is 0.893 bits per heavy atom. The van der Waals surface area contributed by atoms with E-state index in [4.69, 9.17) is 4.74 Å². The predicted octanol–water partition coefficient (Wildman–Crippen LogP) is 4.77. The van der Waals surface area contributed by atoms with Gasteiger partial charge in [0.15, 0.2) is 6.10 Å². The molecule has 0 aliphatic rings. The summed E-state index contributed by atoms with van der Waals surface area (Å²) in [5, 5.41) is 2.81. The number of rotatable bonds is 6. The summed E-state index contributed by atoms with van der Waals surface area (Å²) in [7, 11) is 0. The zero-order valence-electron chi connectivity index (χ0n) is 16.0. The van der Waals surface area contributed by atoms with Crippen LogP contribution in [-0.2, 0) is 16.0 Å². The van der Waals surface area contributed by atoms with Gasteiger partial charge in [-0.05, 0) is 49.1 Å². The minimum Gasteiger partial charge on any atom is -0.449 e. The first-order valence-electron chi connectivity index (χ1n) is 9.24. The summed E-state index contributed by atoms with van der Waals surface area (Å²) in [6, 6.07) is 24.7. The van der Waals surface area contributed by atoms with Crippen LogP contribution in [-0.4, -0.2) is 18.0 Å². The Kier molecular flexibility index (Phi) is 6.22. The van der Waals surface area contributed by atoms with E-state index in [1.54, 1.807) is 19.1 Å². The van der Waals surface area contributed by atoms with Crippen molar-refractivity contribution in [1.29, 1.82) is 0 Å². The van der Waals surface area contributed by atoms with Gasteiger partial charge in [0.25, 0.3) is 5.91 Å². The molecule has 0 saturated heterocycles. The number of hydrogen-bond acceptors (Lipinski definition) is 3. The normalized spacial score (nSPS) is 11.5. The highest BCUT2D eigenvalue weighted by atomic mass is 16.5. The van der Waals surface area contributed by atoms with E-state index in [0.717, 1.165) is 16.7 Å². The van der Waals surface area contributed by atoms with Gasteiger partial charge in [-0.2, -0.15) is 0 Å². The van der Waals surface area contributed by atoms with E-state index in [-0.39, 0.29) is 5.91 Å². The summed E-state index contributed by atoms with van der Waals surface area (Å²) in [5.41, 5.74) is 4.10. The maximum Gasteiger partial charge on any atom is 0.339 e. The molecule has 4 heteroatoms. The zero-order chi connectivity index (χ0) is 19.9. The molecule has 0 radical (unpaired) electrons. The van der Waals surface area contributed by atoms with E-state index in [1.807, 2.05) is 73.7 Å². The number of anilines is 1. The van der Waals surface area contributed by atoms with Gasteiger partial charge < -0.3 is 10.1 Å². The van der Waals surface area contributed by atoms with Gasteiger partial charge >= 0.3 is 5.97 Å². The monoisotopic (exact) mass is 373 g/mol. The Bertz CT molecular complexity index is 966. The number of esters is 1. The van der Waals surface area contributed by atoms with Gasteiger partial charge in [0.2, 0.25) is 0 Å². The summed E-state index contributed by atoms with van der Waals surface area (Å²) < 4.78 is 5.44. The molecule has 1 atom stereocenters. The number of para-hydroxylation sites is 1. The topological polar surface area (TPSA) is 55.4 Å². The molecule has 4 nitrogen and oxygen atoms in total. The summed E-state index contributed by atoms with van der Waals surface area (Å²) in [4.78, 5) is 25.1. The predicted molar refractivity (Wildman–Crippen MR) is 110 cm³/mol. The molecule has 0 spiro atoms. The first-order valence-corrected chi connectivity index (χ1v) is 9.24. The molecule has 3 aromatic rings. The van der Waals surface area contributed by atoms with Crippen LogP contribution >= 0.6 is 0 Å². The summed E-state index contributed by atoms with van der Waals surface area (Å²) in [6.45, 7) is 3.48. The first-order chi connectivity index (χ1) is 13.5. The standard InChI is InChI=1S/C24H23NO3/c1-17-10-6-9-15-22(17)25-23(26)18(2)28-24(27)21-14-8-7-13-20(21)16-19-11-4-3-5-12-19/h3-15,18H,16H2,1-2H3,(H,25,26). The summed E-state index contributed by atoms with van der Waals surface area (Å²) >= 11 is 0. The Hall–Kier alpha value is -3.40. The van der Waals surface area contributed by atoms with Crippen LogP contribution in [0, 0.1) is 6.92 Å². The van der Waals surface area contributed by atoms with Crippen molar-refractivity contribution < 1.29 is 14.3 Å². The van der Waals surface area contributed by atoms with Crippen LogP contribution in [0.2, 0.25) is 0 Å². The minimum absolute atomic E-state index is 0.358. The molecule has 0 bridgehead atoms. The van der Waals surface area contributed by atoms with Gasteiger partial charge in [-0.25, -0.2) is 4.79 Å². The fraction of sp³-hybridized carbons (Fsp3) is 0.167. The van der Waals surface area contributed by atoms with Crippen LogP contribution in [0.3, 0.4) is 0 Å². The number of amides is 1. The quantitative estimate of drug-likeness (QED) is 0.633. The average molecular weight is 373 g/mol. The fourth-order valence-corrected chi connectivity index (χ4v) is 2.91. The Morgan fingerprint density at radius 3 is 2.29 bits per heavy atom. The maximum absolute atomic E-state index is 12.7. The lowest BCUT2D eigenvalue weighted by molar-refractivity contribution is -0.123. The molecule has 0 aliphatic carbocycles. The van der Waals surface area contributed by atoms with Crippen LogP contribution < -0.4 is 5.32 Å². The molecule has 0 heterocycles. The minimum atomic E-state index is -0.906. The third-order valence-electron chi connectivity index (χ3n) is 4.53. The Labute approximate surface area is 165 Å². The lowest BCUT2D eigenvalue weighted by Crippen LogP contribution is -2.30. The number of nitrogens with one attached hydrogen (secondary N) is 1. The molecular formula is C24H23NO3. The lowest BCUT2D eigenvalue weighted by atomic mass is 10.00. The van der Waals surface area contributed by atoms with Gasteiger partial charge in [0.05, 0.1) is 5.56 Å². The van der Waals surface area contributed by atoms with Crippen molar-refractivity contribution in [1.82, 2.24) is 0 Å². The van der Waals surface area contributed by atoms with Gasteiger partial charge in [-0.1, -0.05) is 66.7 Å². The molecule has 0 saturated carbocycles. The van der Waals surface area contributed by atoms with Gasteiger partial charge in [0, 0.05) is 5.69 Å². The van der Waals surface area contributed by atoms with Crippen molar-refractivity contribution in [2.24, 2.45) is 0 Å². The number of ether oxygens (including phenoxy) is 1. The molecule has 1 amide bonds. The van der Waals surface area contributed by atoms with Crippen molar-refractivity contribution in [2.75, 3.05) is 5.32 Å². The number of carbonyl (C=O) groups excluding carboxylic acids is 2. The second-order valence-corrected chi connectivity index (χ2v) is 6.67. The molecular weight excluding hydrogens is 350 g/mol. The highest BCUT2D eigenvalue weighted by molar-refractivity contribution is 5.98. The van der Waals surface area contributed by atoms with Crippen molar-refractivity contribution >= 4 is 17.6 Å². The number of aryl methyl sites for hydroxylation is 1. The van der Waals surface area contributed by atoms with Crippen LogP contribution in [0.1, 0.15) is 34.0 Å². The van der Waals surface area contributed by atoms with Crippen molar-refractivity contribution in [3.05, 3.63) is 101 Å². The van der Waals surface area contributed by atoms with Crippen molar-refractivity contribution in [3.8, 4) is 0 Å². The molecule has 0 fully saturated rings. The van der Waals surface area contributed by atoms with Crippen LogP contribution in [0.15, 0.2) is 78.9 Å². The Balaban J connectivity index is 1.69. The van der Waals surface area contributed by atoms with Gasteiger partial charge in [0.1, 0.15) is 0 Å². The SMILES string of the molecule is Cc1ccccc1NC(=O)C(C)OC(=O)c1ccccc1Cc1ccccc1. The summed E-state index contributed by atoms with van der Waals surface area (Å²) in [5.74, 6) is -0.859. The number of carbonyl (C=O) groups is 2. The molecule has 28 heavy (non-hydrogen) atoms. The van der Waals surface area contributed by atoms with Crippen LogP contribution in [0.5, 0.6) is 0 Å². The maximum atomic E-state index is 12.7. The van der Waals surface area contributed by atoms with Crippen LogP contribution in [0.4, 0.5) is 5.69 Å². The highest BCUT2D eigenvalue weighted by Gasteiger charge is 2.21. The van der Waals surface area contributed by atoms with E-state index >= 15 is 0 Å². The number of hydrogen-bond donors (Lipinski definition) is 1. The second kappa shape index (κ2) is 9.00. The molecule has 3 rings (SSSR count). The average Bonchev–Trinajstić information content (AvgIpc) is 2.70. The van der Waals surface area contributed by atoms with E-state index in [1.165, 1.54) is 0 Å². The summed E-state index contributed by atoms with van der Waals surface area (Å²) in [6.07, 6.45) is -0.285. The fourth-order valence-electron chi connectivity index (χ4n) is 2.91. The van der Waals surface area contributed by atoms with E-state index in [9.17, 15) is 9.59 Å². The smallest absolute Gasteiger partial charge is 0.339 e. The van der Waals surface area contributed by atoms with Crippen LogP contribution in [0.25, 0.3) is 0 Å². The molecule has 0 aromatic heterocycles.